The van der Waals surface area contributed by atoms with E-state index in [0.717, 1.165) is 25.7 Å². The second-order valence-corrected chi connectivity index (χ2v) is 6.48. The van der Waals surface area contributed by atoms with Gasteiger partial charge in [0.25, 0.3) is 0 Å². The number of carbonyl (C=O) groups is 2. The molecule has 1 aliphatic rings. The third kappa shape index (κ3) is 6.05. The zero-order valence-corrected chi connectivity index (χ0v) is 12.3. The van der Waals surface area contributed by atoms with E-state index in [9.17, 15) is 9.59 Å². The Bertz CT molecular complexity index is 323. The highest BCUT2D eigenvalue weighted by molar-refractivity contribution is 5.86. The molecule has 0 radical (unpaired) electrons. The first-order valence-corrected chi connectivity index (χ1v) is 7.10. The Balaban J connectivity index is 2.33. The molecule has 0 saturated heterocycles. The van der Waals surface area contributed by atoms with Gasteiger partial charge in [0.1, 0.15) is 0 Å². The third-order valence-corrected chi connectivity index (χ3v) is 3.42. The zero-order valence-electron chi connectivity index (χ0n) is 12.3. The summed E-state index contributed by atoms with van der Waals surface area (Å²) in [6.07, 6.45) is 3.92. The molecule has 0 aromatic rings. The fraction of sp³-hybridized carbons (Fsp3) is 0.857. The maximum atomic E-state index is 12.0. The van der Waals surface area contributed by atoms with Crippen LogP contribution in [0.15, 0.2) is 0 Å². The fourth-order valence-corrected chi connectivity index (χ4v) is 2.52. The van der Waals surface area contributed by atoms with Crippen LogP contribution in [0.5, 0.6) is 0 Å². The van der Waals surface area contributed by atoms with E-state index in [-0.39, 0.29) is 29.8 Å². The molecule has 2 atom stereocenters. The minimum atomic E-state index is -0.267. The molecule has 1 aliphatic carbocycles. The molecule has 5 heteroatoms. The van der Waals surface area contributed by atoms with E-state index in [1.54, 1.807) is 0 Å². The smallest absolute Gasteiger partial charge is 0.239 e. The van der Waals surface area contributed by atoms with Crippen molar-refractivity contribution in [2.24, 2.45) is 17.6 Å². The van der Waals surface area contributed by atoms with Gasteiger partial charge in [-0.1, -0.05) is 6.42 Å². The lowest BCUT2D eigenvalue weighted by atomic mass is 9.81. The van der Waals surface area contributed by atoms with Crippen molar-refractivity contribution in [1.29, 1.82) is 0 Å². The lowest BCUT2D eigenvalue weighted by Gasteiger charge is -2.27. The highest BCUT2D eigenvalue weighted by Crippen LogP contribution is 2.28. The maximum absolute atomic E-state index is 12.0. The number of nitrogens with two attached hydrogens (primary N) is 1. The van der Waals surface area contributed by atoms with Crippen LogP contribution in [-0.2, 0) is 9.59 Å². The summed E-state index contributed by atoms with van der Waals surface area (Å²) in [6, 6.07) is 0. The van der Waals surface area contributed by atoms with Gasteiger partial charge < -0.3 is 16.4 Å². The Morgan fingerprint density at radius 2 is 1.95 bits per heavy atom. The van der Waals surface area contributed by atoms with Gasteiger partial charge in [0.05, 0.1) is 6.54 Å². The van der Waals surface area contributed by atoms with Crippen molar-refractivity contribution >= 4 is 11.8 Å². The van der Waals surface area contributed by atoms with Crippen LogP contribution in [-0.4, -0.2) is 30.4 Å². The SMILES string of the molecule is CC(C)(C)NC(=O)CNC(=O)C1CCCC(CN)C1. The van der Waals surface area contributed by atoms with Gasteiger partial charge in [0.15, 0.2) is 0 Å². The van der Waals surface area contributed by atoms with Crippen LogP contribution in [0.3, 0.4) is 0 Å². The molecular formula is C14H27N3O2. The zero-order chi connectivity index (χ0) is 14.5. The predicted octanol–water partition coefficient (Wildman–Crippen LogP) is 0.782. The quantitative estimate of drug-likeness (QED) is 0.705. The van der Waals surface area contributed by atoms with Crippen molar-refractivity contribution in [3.8, 4) is 0 Å². The first-order valence-electron chi connectivity index (χ1n) is 7.10. The second kappa shape index (κ2) is 6.89. The molecule has 4 N–H and O–H groups in total. The van der Waals surface area contributed by atoms with Gasteiger partial charge in [-0.2, -0.15) is 0 Å². The molecule has 0 spiro atoms. The molecule has 1 fully saturated rings. The first kappa shape index (κ1) is 16.0. The standard InChI is InChI=1S/C14H27N3O2/c1-14(2,3)17-12(18)9-16-13(19)11-6-4-5-10(7-11)8-15/h10-11H,4-9,15H2,1-3H3,(H,16,19)(H,17,18). The van der Waals surface area contributed by atoms with E-state index < -0.39 is 0 Å². The topological polar surface area (TPSA) is 84.2 Å². The Hall–Kier alpha value is -1.10. The average molecular weight is 269 g/mol. The lowest BCUT2D eigenvalue weighted by Crippen LogP contribution is -2.47. The van der Waals surface area contributed by atoms with Gasteiger partial charge >= 0.3 is 0 Å². The summed E-state index contributed by atoms with van der Waals surface area (Å²) >= 11 is 0. The second-order valence-electron chi connectivity index (χ2n) is 6.48. The molecule has 0 aromatic heterocycles. The van der Waals surface area contributed by atoms with Crippen molar-refractivity contribution in [2.75, 3.05) is 13.1 Å². The molecule has 1 saturated carbocycles. The van der Waals surface area contributed by atoms with Crippen LogP contribution >= 0.6 is 0 Å². The maximum Gasteiger partial charge on any atom is 0.239 e. The van der Waals surface area contributed by atoms with Gasteiger partial charge in [-0.3, -0.25) is 9.59 Å². The number of hydrogen-bond acceptors (Lipinski definition) is 3. The number of carbonyl (C=O) groups excluding carboxylic acids is 2. The van der Waals surface area contributed by atoms with Crippen LogP contribution in [0.2, 0.25) is 0 Å². The van der Waals surface area contributed by atoms with E-state index >= 15 is 0 Å². The van der Waals surface area contributed by atoms with Crippen molar-refractivity contribution in [1.82, 2.24) is 10.6 Å². The monoisotopic (exact) mass is 269 g/mol. The van der Waals surface area contributed by atoms with Crippen molar-refractivity contribution in [2.45, 2.75) is 52.0 Å². The van der Waals surface area contributed by atoms with Crippen molar-refractivity contribution in [3.05, 3.63) is 0 Å². The summed E-state index contributed by atoms with van der Waals surface area (Å²) in [6.45, 7) is 6.45. The number of amides is 2. The molecule has 0 heterocycles. The molecule has 19 heavy (non-hydrogen) atoms. The summed E-state index contributed by atoms with van der Waals surface area (Å²) < 4.78 is 0. The Labute approximate surface area is 115 Å². The number of hydrogen-bond donors (Lipinski definition) is 3. The van der Waals surface area contributed by atoms with Crippen LogP contribution in [0.4, 0.5) is 0 Å². The van der Waals surface area contributed by atoms with Gasteiger partial charge in [-0.15, -0.1) is 0 Å². The summed E-state index contributed by atoms with van der Waals surface area (Å²) in [5.74, 6) is 0.312. The third-order valence-electron chi connectivity index (χ3n) is 3.42. The molecule has 2 unspecified atom stereocenters. The van der Waals surface area contributed by atoms with Crippen LogP contribution < -0.4 is 16.4 Å². The Morgan fingerprint density at radius 3 is 2.53 bits per heavy atom. The molecule has 5 nitrogen and oxygen atoms in total. The first-order chi connectivity index (χ1) is 8.81. The van der Waals surface area contributed by atoms with E-state index in [1.807, 2.05) is 20.8 Å². The van der Waals surface area contributed by atoms with Gasteiger partial charge in [0, 0.05) is 11.5 Å². The minimum absolute atomic E-state index is 0.0118. The summed E-state index contributed by atoms with van der Waals surface area (Å²) in [5, 5.41) is 5.55. The van der Waals surface area contributed by atoms with Crippen molar-refractivity contribution < 1.29 is 9.59 Å². The Kier molecular flexibility index (Phi) is 5.79. The molecule has 0 aromatic carbocycles. The van der Waals surface area contributed by atoms with Gasteiger partial charge in [-0.05, 0) is 52.5 Å². The van der Waals surface area contributed by atoms with E-state index in [4.69, 9.17) is 5.73 Å². The molecular weight excluding hydrogens is 242 g/mol. The largest absolute Gasteiger partial charge is 0.350 e. The summed E-state index contributed by atoms with van der Waals surface area (Å²) in [4.78, 5) is 23.6. The predicted molar refractivity (Wildman–Crippen MR) is 75.4 cm³/mol. The summed E-state index contributed by atoms with van der Waals surface area (Å²) in [7, 11) is 0. The highest BCUT2D eigenvalue weighted by Gasteiger charge is 2.26. The number of nitrogens with one attached hydrogen (secondary N) is 2. The molecule has 110 valence electrons. The van der Waals surface area contributed by atoms with E-state index in [2.05, 4.69) is 10.6 Å². The minimum Gasteiger partial charge on any atom is -0.350 e. The van der Waals surface area contributed by atoms with Crippen LogP contribution in [0, 0.1) is 11.8 Å². The number of rotatable bonds is 4. The molecule has 1 rings (SSSR count). The van der Waals surface area contributed by atoms with Gasteiger partial charge in [-0.25, -0.2) is 0 Å². The van der Waals surface area contributed by atoms with E-state index in [0.29, 0.717) is 12.5 Å². The van der Waals surface area contributed by atoms with Crippen LogP contribution in [0.25, 0.3) is 0 Å². The van der Waals surface area contributed by atoms with E-state index in [1.165, 1.54) is 0 Å². The Morgan fingerprint density at radius 1 is 1.26 bits per heavy atom. The molecule has 0 bridgehead atoms. The molecule has 0 aliphatic heterocycles. The summed E-state index contributed by atoms with van der Waals surface area (Å²) in [5.41, 5.74) is 5.39. The van der Waals surface area contributed by atoms with Gasteiger partial charge in [0.2, 0.25) is 11.8 Å². The highest BCUT2D eigenvalue weighted by atomic mass is 16.2. The fourth-order valence-electron chi connectivity index (χ4n) is 2.52. The van der Waals surface area contributed by atoms with Crippen LogP contribution in [0.1, 0.15) is 46.5 Å². The average Bonchev–Trinajstić information content (AvgIpc) is 2.34. The normalized spacial score (nSPS) is 23.8. The lowest BCUT2D eigenvalue weighted by molar-refractivity contribution is -0.130. The molecule has 2 amide bonds. The van der Waals surface area contributed by atoms with Crippen molar-refractivity contribution in [3.63, 3.8) is 0 Å².